The number of thioether (sulfide) groups is 1. The topological polar surface area (TPSA) is 69.0 Å². The molecule has 146 valence electrons. The van der Waals surface area contributed by atoms with Gasteiger partial charge in [-0.15, -0.1) is 10.2 Å². The molecule has 0 aliphatic carbocycles. The highest BCUT2D eigenvalue weighted by atomic mass is 35.5. The van der Waals surface area contributed by atoms with Gasteiger partial charge in [0.25, 0.3) is 0 Å². The lowest BCUT2D eigenvalue weighted by molar-refractivity contribution is -0.113. The maximum absolute atomic E-state index is 12.1. The molecular formula is C20H21ClN4O2S. The Bertz CT molecular complexity index is 990. The van der Waals surface area contributed by atoms with Crippen LogP contribution in [0.1, 0.15) is 17.0 Å². The van der Waals surface area contributed by atoms with E-state index in [0.717, 1.165) is 5.75 Å². The number of rotatable bonds is 7. The predicted molar refractivity (Wildman–Crippen MR) is 112 cm³/mol. The minimum absolute atomic E-state index is 0.136. The normalized spacial score (nSPS) is 10.7. The Morgan fingerprint density at radius 1 is 1.18 bits per heavy atom. The van der Waals surface area contributed by atoms with Crippen molar-refractivity contribution < 1.29 is 9.53 Å². The number of hydrogen-bond donors (Lipinski definition) is 1. The molecule has 0 saturated carbocycles. The molecule has 0 radical (unpaired) electrons. The Hall–Kier alpha value is -2.51. The molecular weight excluding hydrogens is 396 g/mol. The van der Waals surface area contributed by atoms with Crippen LogP contribution >= 0.6 is 23.4 Å². The summed E-state index contributed by atoms with van der Waals surface area (Å²) in [4.78, 5) is 12.1. The fraction of sp³-hybridized carbons (Fsp3) is 0.250. The van der Waals surface area contributed by atoms with Crippen molar-refractivity contribution in [3.8, 4) is 5.75 Å². The molecule has 28 heavy (non-hydrogen) atoms. The number of benzene rings is 2. The molecule has 0 unspecified atom stereocenters. The smallest absolute Gasteiger partial charge is 0.234 e. The van der Waals surface area contributed by atoms with Crippen molar-refractivity contribution in [2.24, 2.45) is 7.05 Å². The van der Waals surface area contributed by atoms with E-state index < -0.39 is 0 Å². The summed E-state index contributed by atoms with van der Waals surface area (Å²) in [7, 11) is 1.86. The Labute approximate surface area is 173 Å². The van der Waals surface area contributed by atoms with Crippen molar-refractivity contribution in [3.63, 3.8) is 0 Å². The number of nitrogens with one attached hydrogen (secondary N) is 1. The van der Waals surface area contributed by atoms with Gasteiger partial charge in [0.1, 0.15) is 12.4 Å². The van der Waals surface area contributed by atoms with Gasteiger partial charge in [0.05, 0.1) is 5.75 Å². The average Bonchev–Trinajstić information content (AvgIpc) is 3.01. The van der Waals surface area contributed by atoms with E-state index in [1.165, 1.54) is 22.9 Å². The van der Waals surface area contributed by atoms with Crippen molar-refractivity contribution in [2.75, 3.05) is 11.1 Å². The molecule has 0 atom stereocenters. The van der Waals surface area contributed by atoms with Gasteiger partial charge in [-0.25, -0.2) is 0 Å². The molecule has 1 aromatic heterocycles. The van der Waals surface area contributed by atoms with Gasteiger partial charge in [-0.05, 0) is 55.3 Å². The molecule has 3 aromatic rings. The molecule has 0 spiro atoms. The summed E-state index contributed by atoms with van der Waals surface area (Å²) in [5.74, 6) is 1.57. The van der Waals surface area contributed by atoms with Crippen molar-refractivity contribution in [1.82, 2.24) is 14.8 Å². The van der Waals surface area contributed by atoms with Gasteiger partial charge in [0, 0.05) is 17.8 Å². The van der Waals surface area contributed by atoms with Crippen LogP contribution < -0.4 is 10.1 Å². The number of ether oxygens (including phenoxy) is 1. The van der Waals surface area contributed by atoms with Crippen molar-refractivity contribution in [2.45, 2.75) is 25.6 Å². The molecule has 1 amide bonds. The van der Waals surface area contributed by atoms with Gasteiger partial charge >= 0.3 is 0 Å². The van der Waals surface area contributed by atoms with E-state index >= 15 is 0 Å². The van der Waals surface area contributed by atoms with Crippen LogP contribution in [0.5, 0.6) is 5.75 Å². The van der Waals surface area contributed by atoms with E-state index in [4.69, 9.17) is 16.3 Å². The van der Waals surface area contributed by atoms with Gasteiger partial charge in [0.15, 0.2) is 11.0 Å². The molecule has 3 rings (SSSR count). The summed E-state index contributed by atoms with van der Waals surface area (Å²) >= 11 is 7.24. The Morgan fingerprint density at radius 3 is 2.75 bits per heavy atom. The first-order chi connectivity index (χ1) is 13.4. The van der Waals surface area contributed by atoms with Crippen molar-refractivity contribution >= 4 is 35.0 Å². The van der Waals surface area contributed by atoms with Gasteiger partial charge in [-0.2, -0.15) is 0 Å². The fourth-order valence-electron chi connectivity index (χ4n) is 2.44. The number of carbonyl (C=O) groups is 1. The van der Waals surface area contributed by atoms with Gasteiger partial charge in [-0.1, -0.05) is 35.5 Å². The molecule has 0 aliphatic rings. The fourth-order valence-corrected chi connectivity index (χ4v) is 3.36. The Morgan fingerprint density at radius 2 is 2.00 bits per heavy atom. The first-order valence-electron chi connectivity index (χ1n) is 8.69. The molecule has 0 fully saturated rings. The summed E-state index contributed by atoms with van der Waals surface area (Å²) in [6.45, 7) is 4.42. The number of halogens is 1. The second-order valence-electron chi connectivity index (χ2n) is 6.34. The highest BCUT2D eigenvalue weighted by molar-refractivity contribution is 7.99. The van der Waals surface area contributed by atoms with Crippen molar-refractivity contribution in [3.05, 3.63) is 64.4 Å². The third-order valence-electron chi connectivity index (χ3n) is 4.21. The zero-order chi connectivity index (χ0) is 20.1. The molecule has 0 bridgehead atoms. The number of aryl methyl sites for hydroxylation is 2. The quantitative estimate of drug-likeness (QED) is 0.578. The van der Waals surface area contributed by atoms with Gasteiger partial charge in [0.2, 0.25) is 5.91 Å². The number of anilines is 1. The van der Waals surface area contributed by atoms with Crippen molar-refractivity contribution in [1.29, 1.82) is 0 Å². The predicted octanol–water partition coefficient (Wildman–Crippen LogP) is 4.40. The lowest BCUT2D eigenvalue weighted by Gasteiger charge is -2.08. The summed E-state index contributed by atoms with van der Waals surface area (Å²) in [6, 6.07) is 13.0. The summed E-state index contributed by atoms with van der Waals surface area (Å²) in [5, 5.41) is 12.3. The van der Waals surface area contributed by atoms with E-state index in [0.29, 0.717) is 28.3 Å². The van der Waals surface area contributed by atoms with Crippen LogP contribution in [0.15, 0.2) is 47.6 Å². The minimum Gasteiger partial charge on any atom is -0.486 e. The first-order valence-corrected chi connectivity index (χ1v) is 10.1. The molecule has 0 saturated heterocycles. The van der Waals surface area contributed by atoms with Crippen LogP contribution in [0, 0.1) is 13.8 Å². The zero-order valence-electron chi connectivity index (χ0n) is 15.9. The molecule has 6 nitrogen and oxygen atoms in total. The number of aromatic nitrogens is 3. The van der Waals surface area contributed by atoms with E-state index in [-0.39, 0.29) is 11.7 Å². The lowest BCUT2D eigenvalue weighted by atomic mass is 10.1. The summed E-state index contributed by atoms with van der Waals surface area (Å²) in [5.41, 5.74) is 3.07. The Kier molecular flexibility index (Phi) is 6.59. The third kappa shape index (κ3) is 5.27. The second kappa shape index (κ2) is 9.12. The maximum Gasteiger partial charge on any atom is 0.234 e. The highest BCUT2D eigenvalue weighted by Gasteiger charge is 2.12. The zero-order valence-corrected chi connectivity index (χ0v) is 17.5. The minimum atomic E-state index is -0.136. The average molecular weight is 417 g/mol. The van der Waals surface area contributed by atoms with Crippen LogP contribution in [0.2, 0.25) is 5.02 Å². The van der Waals surface area contributed by atoms with Crippen LogP contribution in [-0.4, -0.2) is 26.4 Å². The largest absolute Gasteiger partial charge is 0.486 e. The number of carbonyl (C=O) groups excluding carboxylic acids is 1. The second-order valence-corrected chi connectivity index (χ2v) is 7.72. The van der Waals surface area contributed by atoms with E-state index in [2.05, 4.69) is 22.4 Å². The molecule has 0 aliphatic heterocycles. The van der Waals surface area contributed by atoms with Gasteiger partial charge in [-0.3, -0.25) is 4.79 Å². The number of nitrogens with zero attached hydrogens (tertiary/aromatic N) is 3. The molecule has 2 aromatic carbocycles. The SMILES string of the molecule is Cc1ccc(OCc2nnc(SCC(=O)Nc3cccc(Cl)c3)n2C)cc1C. The summed E-state index contributed by atoms with van der Waals surface area (Å²) in [6.07, 6.45) is 0. The van der Waals surface area contributed by atoms with Crippen LogP contribution in [0.3, 0.4) is 0 Å². The maximum atomic E-state index is 12.1. The van der Waals surface area contributed by atoms with Gasteiger partial charge < -0.3 is 14.6 Å². The summed E-state index contributed by atoms with van der Waals surface area (Å²) < 4.78 is 7.65. The molecule has 1 N–H and O–H groups in total. The first kappa shape index (κ1) is 20.2. The highest BCUT2D eigenvalue weighted by Crippen LogP contribution is 2.20. The van der Waals surface area contributed by atoms with E-state index in [9.17, 15) is 4.79 Å². The lowest BCUT2D eigenvalue weighted by Crippen LogP contribution is -2.14. The third-order valence-corrected chi connectivity index (χ3v) is 5.47. The van der Waals surface area contributed by atoms with Crippen LogP contribution in [0.4, 0.5) is 5.69 Å². The van der Waals surface area contributed by atoms with E-state index in [1.54, 1.807) is 24.3 Å². The standard InChI is InChI=1S/C20H21ClN4O2S/c1-13-7-8-17(9-14(13)2)27-11-18-23-24-20(25(18)3)28-12-19(26)22-16-6-4-5-15(21)10-16/h4-10H,11-12H2,1-3H3,(H,22,26). The number of amides is 1. The monoisotopic (exact) mass is 416 g/mol. The number of hydrogen-bond acceptors (Lipinski definition) is 5. The van der Waals surface area contributed by atoms with E-state index in [1.807, 2.05) is 36.7 Å². The molecule has 8 heteroatoms. The van der Waals surface area contributed by atoms with Crippen LogP contribution in [-0.2, 0) is 18.4 Å². The molecule has 1 heterocycles. The Balaban J connectivity index is 1.53. The van der Waals surface area contributed by atoms with Crippen LogP contribution in [0.25, 0.3) is 0 Å².